The van der Waals surface area contributed by atoms with Gasteiger partial charge < -0.3 is 4.74 Å². The van der Waals surface area contributed by atoms with Gasteiger partial charge in [-0.15, -0.1) is 0 Å². The number of nitrogens with zero attached hydrogens (tertiary/aromatic N) is 2. The molecule has 1 aliphatic carbocycles. The lowest BCUT2D eigenvalue weighted by molar-refractivity contribution is -0.0690. The molecular weight excluding hydrogens is 212 g/mol. The van der Waals surface area contributed by atoms with E-state index in [0.29, 0.717) is 6.10 Å². The molecule has 1 aliphatic heterocycles. The average molecular weight is 234 g/mol. The van der Waals surface area contributed by atoms with Crippen molar-refractivity contribution in [1.29, 1.82) is 0 Å². The summed E-state index contributed by atoms with van der Waals surface area (Å²) in [6, 6.07) is 2.06. The van der Waals surface area contributed by atoms with E-state index in [9.17, 15) is 0 Å². The van der Waals surface area contributed by atoms with Crippen LogP contribution < -0.4 is 0 Å². The molecule has 1 aromatic rings. The van der Waals surface area contributed by atoms with Gasteiger partial charge in [0.1, 0.15) is 0 Å². The van der Waals surface area contributed by atoms with Gasteiger partial charge in [-0.25, -0.2) is 0 Å². The molecule has 1 aromatic heterocycles. The van der Waals surface area contributed by atoms with Crippen LogP contribution in [0, 0.1) is 6.92 Å². The monoisotopic (exact) mass is 234 g/mol. The highest BCUT2D eigenvalue weighted by atomic mass is 16.5. The van der Waals surface area contributed by atoms with Crippen molar-refractivity contribution in [2.24, 2.45) is 0 Å². The third kappa shape index (κ3) is 2.25. The Morgan fingerprint density at radius 1 is 1.35 bits per heavy atom. The Balaban J connectivity index is 1.62. The minimum Gasteiger partial charge on any atom is -0.370 e. The molecule has 3 nitrogen and oxygen atoms in total. The summed E-state index contributed by atoms with van der Waals surface area (Å²) in [6.07, 6.45) is 11.4. The van der Waals surface area contributed by atoms with Crippen molar-refractivity contribution in [1.82, 2.24) is 9.78 Å². The van der Waals surface area contributed by atoms with Crippen LogP contribution in [0.25, 0.3) is 0 Å². The maximum absolute atomic E-state index is 6.36. The molecule has 0 N–H and O–H groups in total. The Morgan fingerprint density at radius 2 is 2.18 bits per heavy atom. The third-order valence-corrected chi connectivity index (χ3v) is 4.41. The van der Waals surface area contributed by atoms with E-state index in [2.05, 4.69) is 22.8 Å². The molecule has 1 saturated heterocycles. The smallest absolute Gasteiger partial charge is 0.0779 e. The quantitative estimate of drug-likeness (QED) is 0.786. The van der Waals surface area contributed by atoms with E-state index >= 15 is 0 Å². The molecule has 0 amide bonds. The van der Waals surface area contributed by atoms with Crippen LogP contribution >= 0.6 is 0 Å². The van der Waals surface area contributed by atoms with Crippen molar-refractivity contribution in [3.8, 4) is 0 Å². The fourth-order valence-corrected chi connectivity index (χ4v) is 3.37. The van der Waals surface area contributed by atoms with Gasteiger partial charge in [-0.1, -0.05) is 19.3 Å². The molecule has 2 aliphatic rings. The first-order valence-electron chi connectivity index (χ1n) is 6.94. The van der Waals surface area contributed by atoms with Gasteiger partial charge in [0.2, 0.25) is 0 Å². The van der Waals surface area contributed by atoms with Crippen LogP contribution in [0.5, 0.6) is 0 Å². The minimum absolute atomic E-state index is 0.240. The molecule has 94 valence electrons. The van der Waals surface area contributed by atoms with Crippen LogP contribution in [0.2, 0.25) is 0 Å². The Labute approximate surface area is 103 Å². The number of ether oxygens (including phenoxy) is 1. The molecule has 1 atom stereocenters. The molecule has 0 bridgehead atoms. The Morgan fingerprint density at radius 3 is 2.88 bits per heavy atom. The fraction of sp³-hybridized carbons (Fsp3) is 0.786. The van der Waals surface area contributed by atoms with E-state index in [4.69, 9.17) is 4.74 Å². The van der Waals surface area contributed by atoms with E-state index in [0.717, 1.165) is 6.54 Å². The molecule has 2 heterocycles. The van der Waals surface area contributed by atoms with E-state index in [1.165, 1.54) is 50.6 Å². The summed E-state index contributed by atoms with van der Waals surface area (Å²) in [5.41, 5.74) is 1.47. The lowest BCUT2D eigenvalue weighted by atomic mass is 9.83. The number of aryl methyl sites for hydroxylation is 1. The van der Waals surface area contributed by atoms with E-state index in [1.54, 1.807) is 0 Å². The zero-order valence-corrected chi connectivity index (χ0v) is 10.7. The molecule has 3 heteroatoms. The van der Waals surface area contributed by atoms with Crippen molar-refractivity contribution in [3.63, 3.8) is 0 Å². The first-order chi connectivity index (χ1) is 8.27. The summed E-state index contributed by atoms with van der Waals surface area (Å²) in [6.45, 7) is 3.04. The molecule has 1 spiro atoms. The third-order valence-electron chi connectivity index (χ3n) is 4.41. The normalized spacial score (nSPS) is 27.7. The minimum atomic E-state index is 0.240. The van der Waals surface area contributed by atoms with Crippen LogP contribution in [0.15, 0.2) is 12.3 Å². The summed E-state index contributed by atoms with van der Waals surface area (Å²) >= 11 is 0. The summed E-state index contributed by atoms with van der Waals surface area (Å²) in [5.74, 6) is 0. The average Bonchev–Trinajstić information content (AvgIpc) is 2.90. The van der Waals surface area contributed by atoms with Crippen molar-refractivity contribution >= 4 is 0 Å². The standard InChI is InChI=1S/C14H22N2O/c1-12-6-10-15-16(12)11-13-5-9-14(17-13)7-3-2-4-8-14/h6,10,13H,2-5,7-9,11H2,1H3. The van der Waals surface area contributed by atoms with Gasteiger partial charge in [0.15, 0.2) is 0 Å². The van der Waals surface area contributed by atoms with Crippen molar-refractivity contribution < 1.29 is 4.74 Å². The van der Waals surface area contributed by atoms with Gasteiger partial charge in [0.25, 0.3) is 0 Å². The molecule has 0 radical (unpaired) electrons. The Kier molecular flexibility index (Phi) is 2.95. The van der Waals surface area contributed by atoms with Crippen LogP contribution in [0.4, 0.5) is 0 Å². The molecule has 3 rings (SSSR count). The highest BCUT2D eigenvalue weighted by molar-refractivity contribution is 4.98. The van der Waals surface area contributed by atoms with E-state index < -0.39 is 0 Å². The largest absolute Gasteiger partial charge is 0.370 e. The molecule has 1 unspecified atom stereocenters. The lowest BCUT2D eigenvalue weighted by Gasteiger charge is -2.33. The van der Waals surface area contributed by atoms with Gasteiger partial charge in [0, 0.05) is 11.9 Å². The summed E-state index contributed by atoms with van der Waals surface area (Å²) in [4.78, 5) is 0. The first-order valence-corrected chi connectivity index (χ1v) is 6.94. The van der Waals surface area contributed by atoms with Crippen molar-refractivity contribution in [2.75, 3.05) is 0 Å². The summed E-state index contributed by atoms with van der Waals surface area (Å²) in [7, 11) is 0. The molecule has 1 saturated carbocycles. The molecule has 2 fully saturated rings. The van der Waals surface area contributed by atoms with Gasteiger partial charge in [0.05, 0.1) is 18.2 Å². The zero-order chi connectivity index (χ0) is 11.7. The Bertz CT molecular complexity index is 379. The molecule has 17 heavy (non-hydrogen) atoms. The lowest BCUT2D eigenvalue weighted by Crippen LogP contribution is -2.32. The zero-order valence-electron chi connectivity index (χ0n) is 10.7. The second kappa shape index (κ2) is 4.45. The number of aromatic nitrogens is 2. The van der Waals surface area contributed by atoms with Crippen LogP contribution in [-0.4, -0.2) is 21.5 Å². The van der Waals surface area contributed by atoms with Crippen LogP contribution in [-0.2, 0) is 11.3 Å². The van der Waals surface area contributed by atoms with Gasteiger partial charge >= 0.3 is 0 Å². The van der Waals surface area contributed by atoms with Crippen LogP contribution in [0.3, 0.4) is 0 Å². The summed E-state index contributed by atoms with van der Waals surface area (Å²) in [5, 5.41) is 4.35. The molecule has 0 aromatic carbocycles. The predicted octanol–water partition coefficient (Wildman–Crippen LogP) is 3.07. The second-order valence-corrected chi connectivity index (χ2v) is 5.68. The molecular formula is C14H22N2O. The fourth-order valence-electron chi connectivity index (χ4n) is 3.37. The number of hydrogen-bond donors (Lipinski definition) is 0. The SMILES string of the molecule is Cc1ccnn1CC1CCC2(CCCCC2)O1. The van der Waals surface area contributed by atoms with Gasteiger partial charge in [-0.3, -0.25) is 4.68 Å². The predicted molar refractivity (Wildman–Crippen MR) is 66.9 cm³/mol. The number of rotatable bonds is 2. The van der Waals surface area contributed by atoms with Crippen molar-refractivity contribution in [2.45, 2.75) is 70.1 Å². The van der Waals surface area contributed by atoms with Crippen LogP contribution in [0.1, 0.15) is 50.6 Å². The van der Waals surface area contributed by atoms with Crippen molar-refractivity contribution in [3.05, 3.63) is 18.0 Å². The van der Waals surface area contributed by atoms with E-state index in [-0.39, 0.29) is 5.60 Å². The first kappa shape index (κ1) is 11.3. The number of hydrogen-bond acceptors (Lipinski definition) is 2. The maximum Gasteiger partial charge on any atom is 0.0779 e. The highest BCUT2D eigenvalue weighted by Crippen LogP contribution is 2.42. The second-order valence-electron chi connectivity index (χ2n) is 5.68. The Hall–Kier alpha value is -0.830. The van der Waals surface area contributed by atoms with Gasteiger partial charge in [-0.05, 0) is 38.7 Å². The topological polar surface area (TPSA) is 27.1 Å². The summed E-state index contributed by atoms with van der Waals surface area (Å²) < 4.78 is 8.43. The maximum atomic E-state index is 6.36. The van der Waals surface area contributed by atoms with Gasteiger partial charge in [-0.2, -0.15) is 5.10 Å². The van der Waals surface area contributed by atoms with E-state index in [1.807, 2.05) is 6.20 Å². The highest BCUT2D eigenvalue weighted by Gasteiger charge is 2.40.